The summed E-state index contributed by atoms with van der Waals surface area (Å²) in [4.78, 5) is 29.3. The van der Waals surface area contributed by atoms with Gasteiger partial charge in [-0.2, -0.15) is 0 Å². The van der Waals surface area contributed by atoms with E-state index in [2.05, 4.69) is 29.5 Å². The Morgan fingerprint density at radius 2 is 1.61 bits per heavy atom. The highest BCUT2D eigenvalue weighted by Gasteiger charge is 2.14. The molecule has 0 spiro atoms. The molecule has 0 aliphatic rings. The van der Waals surface area contributed by atoms with Gasteiger partial charge in [0.1, 0.15) is 5.69 Å². The first-order chi connectivity index (χ1) is 13.4. The average molecular weight is 373 g/mol. The zero-order valence-electron chi connectivity index (χ0n) is 16.2. The summed E-state index contributed by atoms with van der Waals surface area (Å²) in [7, 11) is 0. The predicted octanol–water partition coefficient (Wildman–Crippen LogP) is 5.02. The third-order valence-corrected chi connectivity index (χ3v) is 4.40. The lowest BCUT2D eigenvalue weighted by atomic mass is 10.0. The molecule has 0 radical (unpaired) electrons. The normalized spacial score (nSPS) is 10.6. The van der Waals surface area contributed by atoms with Crippen LogP contribution in [0.2, 0.25) is 0 Å². The highest BCUT2D eigenvalue weighted by Crippen LogP contribution is 2.24. The van der Waals surface area contributed by atoms with Gasteiger partial charge >= 0.3 is 0 Å². The molecule has 3 aromatic rings. The van der Waals surface area contributed by atoms with Crippen LogP contribution < -0.4 is 10.6 Å². The van der Waals surface area contributed by atoms with Crippen LogP contribution in [0, 0.1) is 6.92 Å². The topological polar surface area (TPSA) is 71.1 Å². The van der Waals surface area contributed by atoms with E-state index in [1.54, 1.807) is 6.07 Å². The van der Waals surface area contributed by atoms with E-state index in [0.717, 1.165) is 16.8 Å². The number of aromatic nitrogens is 1. The summed E-state index contributed by atoms with van der Waals surface area (Å²) in [6, 6.07) is 18.3. The Kier molecular flexibility index (Phi) is 5.84. The van der Waals surface area contributed by atoms with Crippen molar-refractivity contribution < 1.29 is 9.59 Å². The van der Waals surface area contributed by atoms with Gasteiger partial charge in [0.05, 0.1) is 0 Å². The van der Waals surface area contributed by atoms with Crippen LogP contribution in [0.15, 0.2) is 66.9 Å². The van der Waals surface area contributed by atoms with E-state index >= 15 is 0 Å². The first-order valence-corrected chi connectivity index (χ1v) is 9.18. The standard InChI is InChI=1S/C23H23N3O2/c1-15(2)19-6-4-5-7-20(19)26-23(28)21-14-17(12-13-24-21)22(27)25-18-10-8-16(3)9-11-18/h4-15H,1-3H3,(H,25,27)(H,26,28). The SMILES string of the molecule is Cc1ccc(NC(=O)c2ccnc(C(=O)Nc3ccccc3C(C)C)c2)cc1. The summed E-state index contributed by atoms with van der Waals surface area (Å²) in [6.45, 7) is 6.12. The van der Waals surface area contributed by atoms with Gasteiger partial charge in [-0.15, -0.1) is 0 Å². The highest BCUT2D eigenvalue weighted by molar-refractivity contribution is 6.08. The maximum absolute atomic E-state index is 12.7. The molecule has 0 aliphatic heterocycles. The number of para-hydroxylation sites is 1. The molecule has 28 heavy (non-hydrogen) atoms. The van der Waals surface area contributed by atoms with Crippen molar-refractivity contribution in [3.63, 3.8) is 0 Å². The molecule has 0 unspecified atom stereocenters. The molecule has 0 aliphatic carbocycles. The number of nitrogens with zero attached hydrogens (tertiary/aromatic N) is 1. The van der Waals surface area contributed by atoms with Crippen LogP contribution >= 0.6 is 0 Å². The second-order valence-electron chi connectivity index (χ2n) is 6.95. The molecule has 142 valence electrons. The Labute approximate surface area is 164 Å². The van der Waals surface area contributed by atoms with E-state index in [9.17, 15) is 9.59 Å². The molecule has 2 amide bonds. The van der Waals surface area contributed by atoms with E-state index in [-0.39, 0.29) is 23.4 Å². The third-order valence-electron chi connectivity index (χ3n) is 4.40. The van der Waals surface area contributed by atoms with Gasteiger partial charge in [0, 0.05) is 23.1 Å². The molecule has 1 heterocycles. The van der Waals surface area contributed by atoms with Crippen LogP contribution in [0.3, 0.4) is 0 Å². The summed E-state index contributed by atoms with van der Waals surface area (Å²) in [5.41, 5.74) is 4.17. The van der Waals surface area contributed by atoms with Crippen LogP contribution in [0.25, 0.3) is 0 Å². The zero-order valence-corrected chi connectivity index (χ0v) is 16.2. The summed E-state index contributed by atoms with van der Waals surface area (Å²) >= 11 is 0. The molecule has 5 heteroatoms. The number of pyridine rings is 1. The van der Waals surface area contributed by atoms with Gasteiger partial charge in [-0.1, -0.05) is 49.7 Å². The van der Waals surface area contributed by atoms with E-state index in [4.69, 9.17) is 0 Å². The molecule has 2 aromatic carbocycles. The maximum Gasteiger partial charge on any atom is 0.274 e. The lowest BCUT2D eigenvalue weighted by Crippen LogP contribution is -2.17. The highest BCUT2D eigenvalue weighted by atomic mass is 16.2. The number of benzene rings is 2. The van der Waals surface area contributed by atoms with Gasteiger partial charge in [0.2, 0.25) is 0 Å². The Bertz CT molecular complexity index is 995. The number of amides is 2. The minimum Gasteiger partial charge on any atom is -0.322 e. The van der Waals surface area contributed by atoms with Crippen LogP contribution in [0.1, 0.15) is 51.7 Å². The van der Waals surface area contributed by atoms with Crippen molar-refractivity contribution in [1.29, 1.82) is 0 Å². The Hall–Kier alpha value is -3.47. The molecular weight excluding hydrogens is 350 g/mol. The minimum absolute atomic E-state index is 0.190. The fourth-order valence-electron chi connectivity index (χ4n) is 2.84. The molecule has 5 nitrogen and oxygen atoms in total. The largest absolute Gasteiger partial charge is 0.322 e. The molecular formula is C23H23N3O2. The maximum atomic E-state index is 12.7. The molecule has 2 N–H and O–H groups in total. The number of hydrogen-bond acceptors (Lipinski definition) is 3. The fraction of sp³-hybridized carbons (Fsp3) is 0.174. The lowest BCUT2D eigenvalue weighted by molar-refractivity contribution is 0.102. The van der Waals surface area contributed by atoms with Crippen molar-refractivity contribution in [2.75, 3.05) is 10.6 Å². The van der Waals surface area contributed by atoms with Crippen molar-refractivity contribution in [1.82, 2.24) is 4.98 Å². The molecule has 3 rings (SSSR count). The average Bonchev–Trinajstić information content (AvgIpc) is 2.70. The van der Waals surface area contributed by atoms with E-state index in [1.807, 2.05) is 55.5 Å². The van der Waals surface area contributed by atoms with Gasteiger partial charge < -0.3 is 10.6 Å². The van der Waals surface area contributed by atoms with Crippen LogP contribution in [-0.2, 0) is 0 Å². The lowest BCUT2D eigenvalue weighted by Gasteiger charge is -2.13. The van der Waals surface area contributed by atoms with Crippen molar-refractivity contribution in [3.05, 3.63) is 89.2 Å². The molecule has 0 bridgehead atoms. The second kappa shape index (κ2) is 8.48. The van der Waals surface area contributed by atoms with Crippen LogP contribution in [-0.4, -0.2) is 16.8 Å². The van der Waals surface area contributed by atoms with Gasteiger partial charge in [-0.05, 0) is 48.7 Å². The van der Waals surface area contributed by atoms with Gasteiger partial charge in [0.25, 0.3) is 11.8 Å². The number of nitrogens with one attached hydrogen (secondary N) is 2. The fourth-order valence-corrected chi connectivity index (χ4v) is 2.84. The van der Waals surface area contributed by atoms with Gasteiger partial charge in [0.15, 0.2) is 0 Å². The molecule has 0 atom stereocenters. The van der Waals surface area contributed by atoms with Crippen molar-refractivity contribution in [2.45, 2.75) is 26.7 Å². The first-order valence-electron chi connectivity index (χ1n) is 9.18. The number of hydrogen-bond donors (Lipinski definition) is 2. The van der Waals surface area contributed by atoms with Crippen molar-refractivity contribution in [2.24, 2.45) is 0 Å². The van der Waals surface area contributed by atoms with E-state index < -0.39 is 0 Å². The van der Waals surface area contributed by atoms with Gasteiger partial charge in [-0.3, -0.25) is 14.6 Å². The number of carbonyl (C=O) groups excluding carboxylic acids is 2. The van der Waals surface area contributed by atoms with Crippen LogP contribution in [0.4, 0.5) is 11.4 Å². The Morgan fingerprint density at radius 3 is 2.32 bits per heavy atom. The summed E-state index contributed by atoms with van der Waals surface area (Å²) in [6.07, 6.45) is 1.47. The molecule has 0 saturated carbocycles. The van der Waals surface area contributed by atoms with E-state index in [1.165, 1.54) is 12.3 Å². The van der Waals surface area contributed by atoms with E-state index in [0.29, 0.717) is 11.3 Å². The van der Waals surface area contributed by atoms with Crippen LogP contribution in [0.5, 0.6) is 0 Å². The molecule has 0 fully saturated rings. The van der Waals surface area contributed by atoms with Gasteiger partial charge in [-0.25, -0.2) is 0 Å². The summed E-state index contributed by atoms with van der Waals surface area (Å²) in [5.74, 6) is -0.364. The summed E-state index contributed by atoms with van der Waals surface area (Å²) < 4.78 is 0. The minimum atomic E-state index is -0.349. The Morgan fingerprint density at radius 1 is 0.893 bits per heavy atom. The monoisotopic (exact) mass is 373 g/mol. The summed E-state index contributed by atoms with van der Waals surface area (Å²) in [5, 5.41) is 5.72. The smallest absolute Gasteiger partial charge is 0.274 e. The zero-order chi connectivity index (χ0) is 20.1. The van der Waals surface area contributed by atoms with Crippen molar-refractivity contribution >= 4 is 23.2 Å². The molecule has 1 aromatic heterocycles. The van der Waals surface area contributed by atoms with Crippen molar-refractivity contribution in [3.8, 4) is 0 Å². The number of carbonyl (C=O) groups is 2. The molecule has 0 saturated heterocycles. The Balaban J connectivity index is 1.76. The number of rotatable bonds is 5. The quantitative estimate of drug-likeness (QED) is 0.660. The third kappa shape index (κ3) is 4.62. The first kappa shape index (κ1) is 19.3. The number of aryl methyl sites for hydroxylation is 1. The second-order valence-corrected chi connectivity index (χ2v) is 6.95. The number of anilines is 2. The predicted molar refractivity (Wildman–Crippen MR) is 112 cm³/mol.